The number of benzene rings is 4. The Bertz CT molecular complexity index is 1650. The minimum atomic E-state index is -4.25. The fourth-order valence-corrected chi connectivity index (χ4v) is 5.20. The van der Waals surface area contributed by atoms with Gasteiger partial charge in [0.15, 0.2) is 6.61 Å². The third-order valence-electron chi connectivity index (χ3n) is 5.54. The molecule has 0 heterocycles. The summed E-state index contributed by atoms with van der Waals surface area (Å²) in [6, 6.07) is 26.0. The van der Waals surface area contributed by atoms with Crippen LogP contribution in [0.4, 0.5) is 15.8 Å². The van der Waals surface area contributed by atoms with Crippen LogP contribution in [0.2, 0.25) is 5.02 Å². The van der Waals surface area contributed by atoms with Gasteiger partial charge in [-0.05, 0) is 66.2 Å². The van der Waals surface area contributed by atoms with Crippen molar-refractivity contribution < 1.29 is 27.1 Å². The third kappa shape index (κ3) is 7.90. The summed E-state index contributed by atoms with van der Waals surface area (Å²) in [6.07, 6.45) is 1.34. The van der Waals surface area contributed by atoms with Gasteiger partial charge in [-0.2, -0.15) is 5.10 Å². The van der Waals surface area contributed by atoms with Gasteiger partial charge in [0.25, 0.3) is 21.8 Å². The van der Waals surface area contributed by atoms with Gasteiger partial charge in [0, 0.05) is 0 Å². The SMILES string of the molecule is O=C(CN(c1ccccc1F)S(=O)(=O)c1ccccc1)N/N=C\c1ccc(OCC(=O)Nc2ccccc2Cl)cc1. The number of hydrogen-bond donors (Lipinski definition) is 2. The van der Waals surface area contributed by atoms with Crippen LogP contribution in [0.15, 0.2) is 113 Å². The van der Waals surface area contributed by atoms with E-state index < -0.39 is 28.3 Å². The maximum atomic E-state index is 14.6. The number of para-hydroxylation sites is 2. The van der Waals surface area contributed by atoms with Gasteiger partial charge in [-0.15, -0.1) is 0 Å². The largest absolute Gasteiger partial charge is 0.484 e. The summed E-state index contributed by atoms with van der Waals surface area (Å²) in [7, 11) is -4.25. The van der Waals surface area contributed by atoms with E-state index in [0.717, 1.165) is 6.07 Å². The van der Waals surface area contributed by atoms with Crippen LogP contribution < -0.4 is 19.8 Å². The van der Waals surface area contributed by atoms with E-state index >= 15 is 0 Å². The Hall–Kier alpha value is -4.74. The number of hydrogen-bond acceptors (Lipinski definition) is 6. The molecule has 41 heavy (non-hydrogen) atoms. The lowest BCUT2D eigenvalue weighted by Crippen LogP contribution is -2.40. The van der Waals surface area contributed by atoms with Crippen molar-refractivity contribution in [2.24, 2.45) is 5.10 Å². The molecule has 0 aliphatic rings. The van der Waals surface area contributed by atoms with Crippen LogP contribution in [0, 0.1) is 5.82 Å². The molecule has 4 aromatic rings. The number of sulfonamides is 1. The molecule has 12 heteroatoms. The van der Waals surface area contributed by atoms with Gasteiger partial charge in [0.05, 0.1) is 27.5 Å². The summed E-state index contributed by atoms with van der Waals surface area (Å²) in [5, 5.41) is 6.94. The lowest BCUT2D eigenvalue weighted by Gasteiger charge is -2.24. The first-order valence-corrected chi connectivity index (χ1v) is 14.0. The predicted molar refractivity (Wildman–Crippen MR) is 155 cm³/mol. The summed E-state index contributed by atoms with van der Waals surface area (Å²) < 4.78 is 47.2. The molecule has 0 spiro atoms. The first kappa shape index (κ1) is 29.2. The topological polar surface area (TPSA) is 117 Å². The molecule has 0 unspecified atom stereocenters. The molecule has 0 fully saturated rings. The lowest BCUT2D eigenvalue weighted by atomic mass is 10.2. The maximum Gasteiger partial charge on any atom is 0.264 e. The highest BCUT2D eigenvalue weighted by Gasteiger charge is 2.28. The van der Waals surface area contributed by atoms with E-state index in [1.54, 1.807) is 54.6 Å². The Balaban J connectivity index is 1.35. The number of nitrogens with zero attached hydrogens (tertiary/aromatic N) is 2. The van der Waals surface area contributed by atoms with E-state index in [-0.39, 0.29) is 23.1 Å². The standard InChI is InChI=1S/C29H24ClFN4O5S/c30-24-10-4-6-12-26(24)33-29(37)20-40-22-16-14-21(15-17-22)18-32-34-28(36)19-35(27-13-7-5-11-25(27)31)41(38,39)23-8-2-1-3-9-23/h1-18H,19-20H2,(H,33,37)(H,34,36)/b32-18-. The molecular formula is C29H24ClFN4O5S. The van der Waals surface area contributed by atoms with Crippen molar-refractivity contribution in [2.45, 2.75) is 4.90 Å². The molecule has 0 radical (unpaired) electrons. The minimum Gasteiger partial charge on any atom is -0.484 e. The van der Waals surface area contributed by atoms with Crippen LogP contribution in [-0.4, -0.2) is 39.6 Å². The second-order valence-electron chi connectivity index (χ2n) is 8.46. The Morgan fingerprint density at radius 2 is 1.54 bits per heavy atom. The van der Waals surface area contributed by atoms with Crippen molar-refractivity contribution in [1.29, 1.82) is 0 Å². The Kier molecular flexibility index (Phi) is 9.67. The maximum absolute atomic E-state index is 14.6. The van der Waals surface area contributed by atoms with Crippen molar-refractivity contribution in [2.75, 3.05) is 22.8 Å². The van der Waals surface area contributed by atoms with Crippen LogP contribution in [0.5, 0.6) is 5.75 Å². The number of rotatable bonds is 11. The van der Waals surface area contributed by atoms with Gasteiger partial charge >= 0.3 is 0 Å². The van der Waals surface area contributed by atoms with Crippen LogP contribution in [-0.2, 0) is 19.6 Å². The second kappa shape index (κ2) is 13.6. The summed E-state index contributed by atoms with van der Waals surface area (Å²) in [5.74, 6) is -1.54. The van der Waals surface area contributed by atoms with Gasteiger partial charge in [-0.25, -0.2) is 18.2 Å². The fraction of sp³-hybridized carbons (Fsp3) is 0.0690. The number of nitrogens with one attached hydrogen (secondary N) is 2. The number of amides is 2. The third-order valence-corrected chi connectivity index (χ3v) is 7.64. The summed E-state index contributed by atoms with van der Waals surface area (Å²) in [6.45, 7) is -0.947. The smallest absolute Gasteiger partial charge is 0.264 e. The number of anilines is 2. The molecule has 210 valence electrons. The van der Waals surface area contributed by atoms with Crippen LogP contribution in [0.1, 0.15) is 5.56 Å². The molecule has 4 rings (SSSR count). The molecule has 0 aromatic heterocycles. The quantitative estimate of drug-likeness (QED) is 0.190. The normalized spacial score (nSPS) is 11.2. The molecule has 0 aliphatic carbocycles. The summed E-state index contributed by atoms with van der Waals surface area (Å²) in [5.41, 5.74) is 3.05. The molecule has 4 aromatic carbocycles. The lowest BCUT2D eigenvalue weighted by molar-refractivity contribution is -0.119. The van der Waals surface area contributed by atoms with Gasteiger partial charge in [-0.3, -0.25) is 13.9 Å². The first-order valence-electron chi connectivity index (χ1n) is 12.2. The Labute approximate surface area is 241 Å². The molecule has 0 atom stereocenters. The highest BCUT2D eigenvalue weighted by atomic mass is 35.5. The number of hydrazone groups is 1. The molecule has 0 bridgehead atoms. The molecule has 0 saturated carbocycles. The van der Waals surface area contributed by atoms with E-state index in [4.69, 9.17) is 16.3 Å². The van der Waals surface area contributed by atoms with E-state index in [2.05, 4.69) is 15.8 Å². The number of ether oxygens (including phenoxy) is 1. The average molecular weight is 595 g/mol. The minimum absolute atomic E-state index is 0.0943. The predicted octanol–water partition coefficient (Wildman–Crippen LogP) is 4.84. The zero-order chi connectivity index (χ0) is 29.2. The molecule has 2 N–H and O–H groups in total. The van der Waals surface area contributed by atoms with Crippen molar-refractivity contribution in [3.8, 4) is 5.75 Å². The highest BCUT2D eigenvalue weighted by Crippen LogP contribution is 2.26. The van der Waals surface area contributed by atoms with Crippen molar-refractivity contribution >= 4 is 51.0 Å². The molecular weight excluding hydrogens is 571 g/mol. The molecule has 0 saturated heterocycles. The Morgan fingerprint density at radius 1 is 0.878 bits per heavy atom. The molecule has 2 amide bonds. The van der Waals surface area contributed by atoms with E-state index in [0.29, 0.717) is 26.3 Å². The average Bonchev–Trinajstić information content (AvgIpc) is 2.97. The van der Waals surface area contributed by atoms with Gasteiger partial charge in [0.1, 0.15) is 18.1 Å². The highest BCUT2D eigenvalue weighted by molar-refractivity contribution is 7.92. The number of carbonyl (C=O) groups is 2. The van der Waals surface area contributed by atoms with E-state index in [1.807, 2.05) is 0 Å². The van der Waals surface area contributed by atoms with Crippen molar-refractivity contribution in [3.05, 3.63) is 120 Å². The van der Waals surface area contributed by atoms with Gasteiger partial charge in [0.2, 0.25) is 0 Å². The van der Waals surface area contributed by atoms with Gasteiger partial charge in [-0.1, -0.05) is 54.1 Å². The van der Waals surface area contributed by atoms with Crippen molar-refractivity contribution in [3.63, 3.8) is 0 Å². The molecule has 0 aliphatic heterocycles. The van der Waals surface area contributed by atoms with E-state index in [9.17, 15) is 22.4 Å². The fourth-order valence-electron chi connectivity index (χ4n) is 3.57. The Morgan fingerprint density at radius 3 is 2.24 bits per heavy atom. The number of halogens is 2. The van der Waals surface area contributed by atoms with E-state index in [1.165, 1.54) is 48.7 Å². The molecule has 9 nitrogen and oxygen atoms in total. The zero-order valence-corrected chi connectivity index (χ0v) is 23.0. The first-order chi connectivity index (χ1) is 19.7. The van der Waals surface area contributed by atoms with Crippen LogP contribution in [0.3, 0.4) is 0 Å². The van der Waals surface area contributed by atoms with Gasteiger partial charge < -0.3 is 10.1 Å². The second-order valence-corrected chi connectivity index (χ2v) is 10.7. The van der Waals surface area contributed by atoms with Crippen LogP contribution >= 0.6 is 11.6 Å². The summed E-state index contributed by atoms with van der Waals surface area (Å²) >= 11 is 6.03. The zero-order valence-electron chi connectivity index (χ0n) is 21.4. The van der Waals surface area contributed by atoms with Crippen molar-refractivity contribution in [1.82, 2.24) is 5.43 Å². The van der Waals surface area contributed by atoms with Crippen LogP contribution in [0.25, 0.3) is 0 Å². The summed E-state index contributed by atoms with van der Waals surface area (Å²) in [4.78, 5) is 24.7. The number of carbonyl (C=O) groups excluding carboxylic acids is 2. The monoisotopic (exact) mass is 594 g/mol.